The molecule has 0 atom stereocenters. The van der Waals surface area contributed by atoms with Gasteiger partial charge in [-0.1, -0.05) is 35.5 Å². The molecule has 1 amide bonds. The molecule has 0 radical (unpaired) electrons. The monoisotopic (exact) mass is 488 g/mol. The van der Waals surface area contributed by atoms with E-state index in [1.165, 1.54) is 6.07 Å². The summed E-state index contributed by atoms with van der Waals surface area (Å²) < 4.78 is 31.9. The van der Waals surface area contributed by atoms with Gasteiger partial charge in [0.1, 0.15) is 11.6 Å². The maximum absolute atomic E-state index is 12.7. The van der Waals surface area contributed by atoms with E-state index in [-0.39, 0.29) is 34.7 Å². The predicted molar refractivity (Wildman–Crippen MR) is 125 cm³/mol. The molecular weight excluding hydrogens is 464 g/mol. The van der Waals surface area contributed by atoms with Gasteiger partial charge in [-0.3, -0.25) is 4.79 Å². The van der Waals surface area contributed by atoms with Crippen LogP contribution < -0.4 is 5.32 Å². The topological polar surface area (TPSA) is 120 Å². The highest BCUT2D eigenvalue weighted by Crippen LogP contribution is 2.21. The van der Waals surface area contributed by atoms with Crippen LogP contribution in [-0.2, 0) is 32.2 Å². The molecule has 0 aliphatic carbocycles. The Labute approximate surface area is 196 Å². The number of ether oxygens (including phenoxy) is 1. The van der Waals surface area contributed by atoms with Gasteiger partial charge in [-0.25, -0.2) is 13.2 Å². The third-order valence-corrected chi connectivity index (χ3v) is 7.26. The van der Waals surface area contributed by atoms with E-state index in [1.807, 2.05) is 6.92 Å². The molecular formula is C22H24N4O5S2. The summed E-state index contributed by atoms with van der Waals surface area (Å²) in [6, 6.07) is 13.1. The van der Waals surface area contributed by atoms with Gasteiger partial charge in [-0.2, -0.15) is 0 Å². The number of amides is 1. The summed E-state index contributed by atoms with van der Waals surface area (Å²) >= 11 is 1.13. The second kappa shape index (κ2) is 10.6. The van der Waals surface area contributed by atoms with Gasteiger partial charge >= 0.3 is 5.97 Å². The second-order valence-electron chi connectivity index (χ2n) is 7.17. The van der Waals surface area contributed by atoms with Crippen LogP contribution in [0.1, 0.15) is 28.7 Å². The van der Waals surface area contributed by atoms with Gasteiger partial charge in [0.25, 0.3) is 0 Å². The lowest BCUT2D eigenvalue weighted by atomic mass is 10.2. The van der Waals surface area contributed by atoms with Crippen LogP contribution in [0.15, 0.2) is 58.6 Å². The predicted octanol–water partition coefficient (Wildman–Crippen LogP) is 3.00. The smallest absolute Gasteiger partial charge is 0.338 e. The number of carbonyl (C=O) groups is 2. The Bertz CT molecular complexity index is 1250. The van der Waals surface area contributed by atoms with Gasteiger partial charge < -0.3 is 14.6 Å². The zero-order chi connectivity index (χ0) is 24.0. The average molecular weight is 489 g/mol. The van der Waals surface area contributed by atoms with Crippen LogP contribution in [0.5, 0.6) is 0 Å². The van der Waals surface area contributed by atoms with E-state index in [1.54, 1.807) is 61.0 Å². The number of rotatable bonds is 9. The van der Waals surface area contributed by atoms with Crippen LogP contribution in [0, 0.1) is 6.92 Å². The molecule has 3 aromatic rings. The van der Waals surface area contributed by atoms with E-state index >= 15 is 0 Å². The number of aromatic nitrogens is 3. The molecule has 0 aliphatic rings. The van der Waals surface area contributed by atoms with Crippen molar-refractivity contribution in [3.05, 3.63) is 65.5 Å². The zero-order valence-electron chi connectivity index (χ0n) is 18.4. The van der Waals surface area contributed by atoms with Crippen molar-refractivity contribution in [2.45, 2.75) is 29.7 Å². The van der Waals surface area contributed by atoms with E-state index in [0.717, 1.165) is 17.3 Å². The minimum Gasteiger partial charge on any atom is -0.462 e. The molecule has 1 N–H and O–H groups in total. The molecule has 2 aromatic carbocycles. The number of nitrogens with zero attached hydrogens (tertiary/aromatic N) is 3. The Balaban J connectivity index is 1.60. The Kier molecular flexibility index (Phi) is 7.88. The normalized spacial score (nSPS) is 11.2. The molecule has 11 heteroatoms. The van der Waals surface area contributed by atoms with E-state index in [9.17, 15) is 18.0 Å². The Morgan fingerprint density at radius 1 is 1.12 bits per heavy atom. The van der Waals surface area contributed by atoms with Crippen LogP contribution in [0.25, 0.3) is 0 Å². The van der Waals surface area contributed by atoms with Crippen molar-refractivity contribution in [3.63, 3.8) is 0 Å². The molecule has 0 saturated carbocycles. The first-order valence-electron chi connectivity index (χ1n) is 10.1. The summed E-state index contributed by atoms with van der Waals surface area (Å²) in [4.78, 5) is 24.4. The van der Waals surface area contributed by atoms with Crippen LogP contribution in [-0.4, -0.2) is 47.4 Å². The lowest BCUT2D eigenvalue weighted by Gasteiger charge is -2.08. The Hall–Kier alpha value is -3.18. The number of thioether (sulfide) groups is 1. The first kappa shape index (κ1) is 24.5. The number of nitrogens with one attached hydrogen (secondary N) is 1. The number of anilines is 1. The molecule has 174 valence electrons. The van der Waals surface area contributed by atoms with Gasteiger partial charge in [0.15, 0.2) is 15.0 Å². The van der Waals surface area contributed by atoms with Gasteiger partial charge in [0.2, 0.25) is 5.91 Å². The molecule has 1 heterocycles. The number of aryl methyl sites for hydroxylation is 1. The van der Waals surface area contributed by atoms with E-state index < -0.39 is 15.8 Å². The van der Waals surface area contributed by atoms with Crippen molar-refractivity contribution < 1.29 is 22.7 Å². The Morgan fingerprint density at radius 2 is 1.85 bits per heavy atom. The lowest BCUT2D eigenvalue weighted by Crippen LogP contribution is -2.15. The number of hydrogen-bond acceptors (Lipinski definition) is 8. The third kappa shape index (κ3) is 6.42. The molecule has 0 spiro atoms. The molecule has 33 heavy (non-hydrogen) atoms. The highest BCUT2D eigenvalue weighted by Gasteiger charge is 2.20. The highest BCUT2D eigenvalue weighted by molar-refractivity contribution is 7.99. The maximum Gasteiger partial charge on any atom is 0.338 e. The standard InChI is InChI=1S/C22H24N4O5S2/c1-4-31-21(28)16-6-5-7-17(12-16)23-20(27)13-32-22-25-24-19(26(22)3)14-33(29,30)18-10-8-15(2)9-11-18/h5-12H,4,13-14H2,1-3H3,(H,23,27). The molecule has 0 unspecified atom stereocenters. The summed E-state index contributed by atoms with van der Waals surface area (Å²) in [7, 11) is -1.92. The number of hydrogen-bond donors (Lipinski definition) is 1. The van der Waals surface area contributed by atoms with Crippen molar-refractivity contribution in [2.75, 3.05) is 17.7 Å². The van der Waals surface area contributed by atoms with Crippen molar-refractivity contribution in [1.29, 1.82) is 0 Å². The fraction of sp³-hybridized carbons (Fsp3) is 0.273. The summed E-state index contributed by atoms with van der Waals surface area (Å²) in [5.41, 5.74) is 1.78. The van der Waals surface area contributed by atoms with Crippen LogP contribution in [0.3, 0.4) is 0 Å². The Morgan fingerprint density at radius 3 is 2.55 bits per heavy atom. The van der Waals surface area contributed by atoms with Gasteiger partial charge in [-0.15, -0.1) is 10.2 Å². The molecule has 1 aromatic heterocycles. The molecule has 0 fully saturated rings. The van der Waals surface area contributed by atoms with E-state index in [4.69, 9.17) is 4.74 Å². The maximum atomic E-state index is 12.7. The van der Waals surface area contributed by atoms with E-state index in [2.05, 4.69) is 15.5 Å². The summed E-state index contributed by atoms with van der Waals surface area (Å²) in [6.07, 6.45) is 0. The van der Waals surface area contributed by atoms with Crippen molar-refractivity contribution in [3.8, 4) is 0 Å². The summed E-state index contributed by atoms with van der Waals surface area (Å²) in [5.74, 6) is -0.763. The number of sulfone groups is 1. The van der Waals surface area contributed by atoms with Crippen LogP contribution >= 0.6 is 11.8 Å². The fourth-order valence-electron chi connectivity index (χ4n) is 2.86. The van der Waals surface area contributed by atoms with Crippen molar-refractivity contribution in [1.82, 2.24) is 14.8 Å². The van der Waals surface area contributed by atoms with Crippen molar-refractivity contribution in [2.24, 2.45) is 7.05 Å². The third-order valence-electron chi connectivity index (χ3n) is 4.61. The molecule has 0 saturated heterocycles. The minimum atomic E-state index is -3.58. The number of benzene rings is 2. The quantitative estimate of drug-likeness (QED) is 0.360. The summed E-state index contributed by atoms with van der Waals surface area (Å²) in [5, 5.41) is 11.1. The SMILES string of the molecule is CCOC(=O)c1cccc(NC(=O)CSc2nnc(CS(=O)(=O)c3ccc(C)cc3)n2C)c1. The first-order chi connectivity index (χ1) is 15.7. The van der Waals surface area contributed by atoms with Gasteiger partial charge in [0.05, 0.1) is 22.8 Å². The molecule has 3 rings (SSSR count). The number of esters is 1. The van der Waals surface area contributed by atoms with E-state index in [0.29, 0.717) is 16.4 Å². The van der Waals surface area contributed by atoms with Gasteiger partial charge in [-0.05, 0) is 44.2 Å². The molecule has 0 aliphatic heterocycles. The van der Waals surface area contributed by atoms with Gasteiger partial charge in [0, 0.05) is 12.7 Å². The largest absolute Gasteiger partial charge is 0.462 e. The zero-order valence-corrected chi connectivity index (χ0v) is 20.1. The fourth-order valence-corrected chi connectivity index (χ4v) is 4.90. The van der Waals surface area contributed by atoms with Crippen molar-refractivity contribution >= 4 is 39.2 Å². The minimum absolute atomic E-state index is 0.0281. The average Bonchev–Trinajstić information content (AvgIpc) is 3.11. The number of carbonyl (C=O) groups excluding carboxylic acids is 2. The lowest BCUT2D eigenvalue weighted by molar-refractivity contribution is -0.113. The summed E-state index contributed by atoms with van der Waals surface area (Å²) in [6.45, 7) is 3.87. The highest BCUT2D eigenvalue weighted by atomic mass is 32.2. The van der Waals surface area contributed by atoms with Crippen LogP contribution in [0.2, 0.25) is 0 Å². The molecule has 0 bridgehead atoms. The molecule has 9 nitrogen and oxygen atoms in total. The first-order valence-corrected chi connectivity index (χ1v) is 12.7. The van der Waals surface area contributed by atoms with Crippen LogP contribution in [0.4, 0.5) is 5.69 Å². The second-order valence-corrected chi connectivity index (χ2v) is 10.1.